The standard InChI is InChI=1S/C23H22FN3O2/c1-16(25)23(15-28-20-5-3-2-4-6-20)29-21-11-12-22-17(13-21)14-26-27(22)19-9-7-18(24)8-10-19/h2-14,16,23H,15,25H2,1H3/t16-,23-/m0/s1. The normalized spacial score (nSPS) is 13.2. The molecule has 0 spiro atoms. The van der Waals surface area contributed by atoms with Crippen LogP contribution in [0.4, 0.5) is 4.39 Å². The molecule has 148 valence electrons. The number of rotatable bonds is 7. The molecule has 0 fully saturated rings. The average Bonchev–Trinajstić information content (AvgIpc) is 3.15. The second kappa shape index (κ2) is 8.32. The minimum absolute atomic E-state index is 0.212. The van der Waals surface area contributed by atoms with E-state index in [1.807, 2.05) is 55.5 Å². The summed E-state index contributed by atoms with van der Waals surface area (Å²) in [6.07, 6.45) is 1.45. The first kappa shape index (κ1) is 19.0. The van der Waals surface area contributed by atoms with Gasteiger partial charge in [-0.05, 0) is 61.5 Å². The molecule has 0 saturated carbocycles. The van der Waals surface area contributed by atoms with E-state index < -0.39 is 0 Å². The lowest BCUT2D eigenvalue weighted by Gasteiger charge is -2.23. The molecule has 3 aromatic carbocycles. The van der Waals surface area contributed by atoms with E-state index in [1.165, 1.54) is 12.1 Å². The van der Waals surface area contributed by atoms with Gasteiger partial charge in [0.1, 0.15) is 30.0 Å². The van der Waals surface area contributed by atoms with E-state index in [2.05, 4.69) is 5.10 Å². The van der Waals surface area contributed by atoms with Gasteiger partial charge in [-0.15, -0.1) is 0 Å². The number of hydrogen-bond donors (Lipinski definition) is 1. The Morgan fingerprint density at radius 3 is 2.48 bits per heavy atom. The summed E-state index contributed by atoms with van der Waals surface area (Å²) in [5.74, 6) is 1.19. The topological polar surface area (TPSA) is 62.3 Å². The highest BCUT2D eigenvalue weighted by molar-refractivity contribution is 5.81. The summed E-state index contributed by atoms with van der Waals surface area (Å²) >= 11 is 0. The summed E-state index contributed by atoms with van der Waals surface area (Å²) in [7, 11) is 0. The third kappa shape index (κ3) is 4.38. The van der Waals surface area contributed by atoms with Crippen LogP contribution in [0.3, 0.4) is 0 Å². The molecule has 2 N–H and O–H groups in total. The summed E-state index contributed by atoms with van der Waals surface area (Å²) in [4.78, 5) is 0. The molecule has 1 aromatic heterocycles. The third-order valence-corrected chi connectivity index (χ3v) is 4.64. The van der Waals surface area contributed by atoms with Crippen molar-refractivity contribution in [2.45, 2.75) is 19.1 Å². The van der Waals surface area contributed by atoms with Gasteiger partial charge in [0, 0.05) is 11.4 Å². The molecule has 4 aromatic rings. The Balaban J connectivity index is 1.51. The van der Waals surface area contributed by atoms with Crippen LogP contribution >= 0.6 is 0 Å². The molecule has 0 unspecified atom stereocenters. The Kier molecular flexibility index (Phi) is 5.44. The van der Waals surface area contributed by atoms with E-state index >= 15 is 0 Å². The summed E-state index contributed by atoms with van der Waals surface area (Å²) in [5, 5.41) is 5.33. The van der Waals surface area contributed by atoms with Gasteiger partial charge in [-0.1, -0.05) is 18.2 Å². The lowest BCUT2D eigenvalue weighted by molar-refractivity contribution is 0.111. The minimum Gasteiger partial charge on any atom is -0.490 e. The van der Waals surface area contributed by atoms with E-state index in [1.54, 1.807) is 23.0 Å². The molecule has 29 heavy (non-hydrogen) atoms. The predicted molar refractivity (Wildman–Crippen MR) is 111 cm³/mol. The number of halogens is 1. The fourth-order valence-electron chi connectivity index (χ4n) is 3.04. The first-order chi connectivity index (χ1) is 14.1. The highest BCUT2D eigenvalue weighted by atomic mass is 19.1. The van der Waals surface area contributed by atoms with E-state index in [-0.39, 0.29) is 18.0 Å². The zero-order valence-electron chi connectivity index (χ0n) is 16.0. The molecule has 0 saturated heterocycles. The quantitative estimate of drug-likeness (QED) is 0.509. The highest BCUT2D eigenvalue weighted by Crippen LogP contribution is 2.24. The molecule has 0 bridgehead atoms. The fraction of sp³-hybridized carbons (Fsp3) is 0.174. The van der Waals surface area contributed by atoms with Gasteiger partial charge < -0.3 is 15.2 Å². The Hall–Kier alpha value is -3.38. The van der Waals surface area contributed by atoms with Crippen LogP contribution in [-0.4, -0.2) is 28.5 Å². The molecule has 2 atom stereocenters. The third-order valence-electron chi connectivity index (χ3n) is 4.64. The Labute approximate surface area is 168 Å². The van der Waals surface area contributed by atoms with E-state index in [9.17, 15) is 4.39 Å². The lowest BCUT2D eigenvalue weighted by atomic mass is 10.2. The van der Waals surface area contributed by atoms with Crippen molar-refractivity contribution in [2.75, 3.05) is 6.61 Å². The number of benzene rings is 3. The second-order valence-corrected chi connectivity index (χ2v) is 6.89. The lowest BCUT2D eigenvalue weighted by Crippen LogP contribution is -2.40. The fourth-order valence-corrected chi connectivity index (χ4v) is 3.04. The van der Waals surface area contributed by atoms with Crippen molar-refractivity contribution >= 4 is 10.9 Å². The summed E-state index contributed by atoms with van der Waals surface area (Å²) in [6.45, 7) is 2.23. The van der Waals surface area contributed by atoms with Crippen LogP contribution in [-0.2, 0) is 0 Å². The van der Waals surface area contributed by atoms with Crippen LogP contribution in [0, 0.1) is 5.82 Å². The minimum atomic E-state index is -0.306. The Morgan fingerprint density at radius 2 is 1.76 bits per heavy atom. The molecule has 5 nitrogen and oxygen atoms in total. The number of ether oxygens (including phenoxy) is 2. The molecule has 0 aliphatic rings. The summed E-state index contributed by atoms with van der Waals surface area (Å²) in [5.41, 5.74) is 7.80. The van der Waals surface area contributed by atoms with Crippen molar-refractivity contribution in [3.63, 3.8) is 0 Å². The summed E-state index contributed by atoms with van der Waals surface area (Å²) in [6, 6.07) is 21.3. The smallest absolute Gasteiger partial charge is 0.147 e. The first-order valence-corrected chi connectivity index (χ1v) is 9.44. The summed E-state index contributed by atoms with van der Waals surface area (Å²) < 4.78 is 26.9. The first-order valence-electron chi connectivity index (χ1n) is 9.44. The number of aromatic nitrogens is 2. The predicted octanol–water partition coefficient (Wildman–Crippen LogP) is 4.34. The molecule has 1 heterocycles. The van der Waals surface area contributed by atoms with E-state index in [0.29, 0.717) is 12.4 Å². The SMILES string of the molecule is C[C@H](N)[C@H](COc1ccccc1)Oc1ccc2c(cnn2-c2ccc(F)cc2)c1. The van der Waals surface area contributed by atoms with Crippen LogP contribution in [0.15, 0.2) is 79.0 Å². The maximum atomic E-state index is 13.2. The molecule has 0 amide bonds. The Bertz CT molecular complexity index is 1080. The zero-order chi connectivity index (χ0) is 20.2. The second-order valence-electron chi connectivity index (χ2n) is 6.89. The zero-order valence-corrected chi connectivity index (χ0v) is 16.0. The van der Waals surface area contributed by atoms with Gasteiger partial charge in [0.25, 0.3) is 0 Å². The van der Waals surface area contributed by atoms with Crippen molar-refractivity contribution < 1.29 is 13.9 Å². The molecular weight excluding hydrogens is 369 g/mol. The van der Waals surface area contributed by atoms with Gasteiger partial charge in [0.15, 0.2) is 0 Å². The van der Waals surface area contributed by atoms with Crippen LogP contribution in [0.1, 0.15) is 6.92 Å². The van der Waals surface area contributed by atoms with Gasteiger partial charge in [-0.2, -0.15) is 5.10 Å². The van der Waals surface area contributed by atoms with Crippen molar-refractivity contribution in [1.29, 1.82) is 0 Å². The molecule has 6 heteroatoms. The number of hydrogen-bond acceptors (Lipinski definition) is 4. The highest BCUT2D eigenvalue weighted by Gasteiger charge is 2.18. The van der Waals surface area contributed by atoms with Crippen LogP contribution in [0.25, 0.3) is 16.6 Å². The van der Waals surface area contributed by atoms with E-state index in [4.69, 9.17) is 15.2 Å². The van der Waals surface area contributed by atoms with Crippen LogP contribution in [0.5, 0.6) is 11.5 Å². The van der Waals surface area contributed by atoms with Crippen molar-refractivity contribution in [3.05, 3.63) is 84.8 Å². The van der Waals surface area contributed by atoms with Gasteiger partial charge in [-0.25, -0.2) is 9.07 Å². The largest absolute Gasteiger partial charge is 0.490 e. The number of nitrogens with zero attached hydrogens (tertiary/aromatic N) is 2. The number of fused-ring (bicyclic) bond motifs is 1. The Morgan fingerprint density at radius 1 is 1.00 bits per heavy atom. The molecule has 0 aliphatic carbocycles. The van der Waals surface area contributed by atoms with Crippen molar-refractivity contribution in [2.24, 2.45) is 5.73 Å². The van der Waals surface area contributed by atoms with Gasteiger partial charge in [0.2, 0.25) is 0 Å². The molecular formula is C23H22FN3O2. The average molecular weight is 391 g/mol. The molecule has 4 rings (SSSR count). The van der Waals surface area contributed by atoms with Gasteiger partial charge >= 0.3 is 0 Å². The van der Waals surface area contributed by atoms with Gasteiger partial charge in [0.05, 0.1) is 17.4 Å². The number of para-hydroxylation sites is 1. The van der Waals surface area contributed by atoms with E-state index in [0.717, 1.165) is 22.3 Å². The van der Waals surface area contributed by atoms with Crippen molar-refractivity contribution in [3.8, 4) is 17.2 Å². The molecule has 0 aliphatic heterocycles. The van der Waals surface area contributed by atoms with Gasteiger partial charge in [-0.3, -0.25) is 0 Å². The van der Waals surface area contributed by atoms with Crippen LogP contribution < -0.4 is 15.2 Å². The molecule has 0 radical (unpaired) electrons. The maximum absolute atomic E-state index is 13.2. The van der Waals surface area contributed by atoms with Crippen molar-refractivity contribution in [1.82, 2.24) is 9.78 Å². The maximum Gasteiger partial charge on any atom is 0.147 e. The monoisotopic (exact) mass is 391 g/mol. The van der Waals surface area contributed by atoms with Crippen LogP contribution in [0.2, 0.25) is 0 Å². The number of nitrogens with two attached hydrogens (primary N) is 1.